The zero-order valence-electron chi connectivity index (χ0n) is 14.4. The van der Waals surface area contributed by atoms with Crippen molar-refractivity contribution in [2.45, 2.75) is 26.3 Å². The molecule has 134 valence electrons. The maximum atomic E-state index is 13.9. The Morgan fingerprint density at radius 1 is 1.40 bits per heavy atom. The quantitative estimate of drug-likeness (QED) is 0.923. The number of halogens is 1. The molecule has 0 aliphatic carbocycles. The van der Waals surface area contributed by atoms with E-state index < -0.39 is 5.82 Å². The predicted molar refractivity (Wildman–Crippen MR) is 91.0 cm³/mol. The normalized spacial score (nSPS) is 15.2. The van der Waals surface area contributed by atoms with Gasteiger partial charge in [-0.2, -0.15) is 5.10 Å². The van der Waals surface area contributed by atoms with Crippen LogP contribution in [0.4, 0.5) is 14.9 Å². The molecule has 1 aliphatic rings. The minimum Gasteiger partial charge on any atom is -0.494 e. The molecular formula is C17H22FN5O2. The number of ether oxygens (including phenoxy) is 1. The predicted octanol–water partition coefficient (Wildman–Crippen LogP) is 2.68. The highest BCUT2D eigenvalue weighted by molar-refractivity contribution is 5.90. The lowest BCUT2D eigenvalue weighted by Gasteiger charge is -2.32. The van der Waals surface area contributed by atoms with Crippen molar-refractivity contribution in [1.82, 2.24) is 19.7 Å². The molecule has 1 aliphatic heterocycles. The number of piperidine rings is 1. The van der Waals surface area contributed by atoms with Gasteiger partial charge < -0.3 is 15.0 Å². The molecule has 0 bridgehead atoms. The summed E-state index contributed by atoms with van der Waals surface area (Å²) >= 11 is 0. The van der Waals surface area contributed by atoms with Crippen LogP contribution in [0.1, 0.15) is 18.4 Å². The second kappa shape index (κ2) is 7.50. The average Bonchev–Trinajstić information content (AvgIpc) is 3.11. The number of amides is 2. The zero-order valence-corrected chi connectivity index (χ0v) is 14.4. The number of carbonyl (C=O) groups excluding carboxylic acids is 1. The monoisotopic (exact) mass is 347 g/mol. The summed E-state index contributed by atoms with van der Waals surface area (Å²) in [6.45, 7) is 3.96. The topological polar surface area (TPSA) is 72.3 Å². The van der Waals surface area contributed by atoms with Gasteiger partial charge in [-0.3, -0.25) is 4.68 Å². The smallest absolute Gasteiger partial charge is 0.321 e. The van der Waals surface area contributed by atoms with E-state index in [2.05, 4.69) is 15.4 Å². The highest BCUT2D eigenvalue weighted by Crippen LogP contribution is 2.26. The third-order valence-corrected chi connectivity index (χ3v) is 4.55. The standard InChI is InChI=1S/C17H22FN5O2/c1-12-7-16(25-2)14(18)8-15(12)21-17(24)22-5-3-13(4-6-22)9-23-11-19-10-20-23/h7-8,10-11,13H,3-6,9H2,1-2H3,(H,21,24). The summed E-state index contributed by atoms with van der Waals surface area (Å²) in [6, 6.07) is 2.67. The molecule has 0 radical (unpaired) electrons. The molecule has 1 aromatic carbocycles. The Kier molecular flexibility index (Phi) is 5.16. The van der Waals surface area contributed by atoms with Crippen LogP contribution in [0.2, 0.25) is 0 Å². The molecule has 1 fully saturated rings. The molecule has 0 spiro atoms. The number of rotatable bonds is 4. The zero-order chi connectivity index (χ0) is 17.8. The summed E-state index contributed by atoms with van der Waals surface area (Å²) in [6.07, 6.45) is 5.05. The number of urea groups is 1. The average molecular weight is 347 g/mol. The first kappa shape index (κ1) is 17.2. The molecule has 2 heterocycles. The third-order valence-electron chi connectivity index (χ3n) is 4.55. The van der Waals surface area contributed by atoms with Gasteiger partial charge in [0.15, 0.2) is 11.6 Å². The van der Waals surface area contributed by atoms with Crippen LogP contribution in [-0.4, -0.2) is 45.9 Å². The first-order chi connectivity index (χ1) is 12.1. The molecule has 2 aromatic rings. The van der Waals surface area contributed by atoms with Gasteiger partial charge in [-0.05, 0) is 37.3 Å². The number of carbonyl (C=O) groups is 1. The maximum absolute atomic E-state index is 13.9. The maximum Gasteiger partial charge on any atom is 0.321 e. The van der Waals surface area contributed by atoms with E-state index in [1.54, 1.807) is 17.3 Å². The lowest BCUT2D eigenvalue weighted by atomic mass is 9.97. The lowest BCUT2D eigenvalue weighted by molar-refractivity contribution is 0.175. The van der Waals surface area contributed by atoms with Crippen molar-refractivity contribution < 1.29 is 13.9 Å². The molecule has 3 rings (SSSR count). The Hall–Kier alpha value is -2.64. The van der Waals surface area contributed by atoms with E-state index >= 15 is 0 Å². The number of methoxy groups -OCH3 is 1. The highest BCUT2D eigenvalue weighted by atomic mass is 19.1. The summed E-state index contributed by atoms with van der Waals surface area (Å²) < 4.78 is 20.6. The van der Waals surface area contributed by atoms with Crippen molar-refractivity contribution in [3.05, 3.63) is 36.2 Å². The fourth-order valence-corrected chi connectivity index (χ4v) is 3.05. The van der Waals surface area contributed by atoms with Gasteiger partial charge in [-0.25, -0.2) is 14.2 Å². The van der Waals surface area contributed by atoms with Crippen molar-refractivity contribution in [2.75, 3.05) is 25.5 Å². The summed E-state index contributed by atoms with van der Waals surface area (Å²) in [5.41, 5.74) is 1.22. The van der Waals surface area contributed by atoms with Crippen molar-refractivity contribution in [1.29, 1.82) is 0 Å². The number of hydrogen-bond donors (Lipinski definition) is 1. The van der Waals surface area contributed by atoms with E-state index in [4.69, 9.17) is 4.74 Å². The molecule has 0 atom stereocenters. The number of nitrogens with zero attached hydrogens (tertiary/aromatic N) is 4. The minimum absolute atomic E-state index is 0.171. The van der Waals surface area contributed by atoms with Crippen molar-refractivity contribution in [3.63, 3.8) is 0 Å². The van der Waals surface area contributed by atoms with Crippen LogP contribution < -0.4 is 10.1 Å². The van der Waals surface area contributed by atoms with Crippen LogP contribution in [-0.2, 0) is 6.54 Å². The van der Waals surface area contributed by atoms with Crippen LogP contribution in [0.25, 0.3) is 0 Å². The van der Waals surface area contributed by atoms with Crippen molar-refractivity contribution in [3.8, 4) is 5.75 Å². The molecule has 8 heteroatoms. The van der Waals surface area contributed by atoms with E-state index in [1.165, 1.54) is 19.5 Å². The van der Waals surface area contributed by atoms with Gasteiger partial charge >= 0.3 is 6.03 Å². The van der Waals surface area contributed by atoms with E-state index in [0.717, 1.165) is 24.9 Å². The number of likely N-dealkylation sites (tertiary alicyclic amines) is 1. The second-order valence-corrected chi connectivity index (χ2v) is 6.28. The first-order valence-corrected chi connectivity index (χ1v) is 8.29. The van der Waals surface area contributed by atoms with Gasteiger partial charge in [0.05, 0.1) is 7.11 Å². The van der Waals surface area contributed by atoms with Gasteiger partial charge in [0.1, 0.15) is 12.7 Å². The van der Waals surface area contributed by atoms with Crippen molar-refractivity contribution >= 4 is 11.7 Å². The number of aromatic nitrogens is 3. The highest BCUT2D eigenvalue weighted by Gasteiger charge is 2.24. The van der Waals surface area contributed by atoms with Gasteiger partial charge in [0.2, 0.25) is 0 Å². The SMILES string of the molecule is COc1cc(C)c(NC(=O)N2CCC(Cn3cncn3)CC2)cc1F. The fourth-order valence-electron chi connectivity index (χ4n) is 3.05. The molecule has 25 heavy (non-hydrogen) atoms. The van der Waals surface area contributed by atoms with E-state index in [0.29, 0.717) is 24.7 Å². The van der Waals surface area contributed by atoms with Crippen LogP contribution in [0.5, 0.6) is 5.75 Å². The van der Waals surface area contributed by atoms with Crippen LogP contribution in [0, 0.1) is 18.7 Å². The molecular weight excluding hydrogens is 325 g/mol. The van der Waals surface area contributed by atoms with Gasteiger partial charge in [-0.15, -0.1) is 0 Å². The van der Waals surface area contributed by atoms with Gasteiger partial charge in [-0.1, -0.05) is 0 Å². The molecule has 1 aromatic heterocycles. The van der Waals surface area contributed by atoms with Gasteiger partial charge in [0, 0.05) is 31.4 Å². The Labute approximate surface area is 145 Å². The lowest BCUT2D eigenvalue weighted by Crippen LogP contribution is -2.41. The number of aryl methyl sites for hydroxylation is 1. The van der Waals surface area contributed by atoms with Crippen LogP contribution in [0.15, 0.2) is 24.8 Å². The largest absolute Gasteiger partial charge is 0.494 e. The van der Waals surface area contributed by atoms with E-state index in [9.17, 15) is 9.18 Å². The summed E-state index contributed by atoms with van der Waals surface area (Å²) in [4.78, 5) is 18.1. The Morgan fingerprint density at radius 3 is 2.80 bits per heavy atom. The number of hydrogen-bond acceptors (Lipinski definition) is 4. The summed E-state index contributed by atoms with van der Waals surface area (Å²) in [5, 5.41) is 6.92. The van der Waals surface area contributed by atoms with Crippen LogP contribution in [0.3, 0.4) is 0 Å². The van der Waals surface area contributed by atoms with E-state index in [1.807, 2.05) is 11.6 Å². The minimum atomic E-state index is -0.491. The van der Waals surface area contributed by atoms with E-state index in [-0.39, 0.29) is 11.8 Å². The molecule has 2 amide bonds. The Bertz CT molecular complexity index is 727. The van der Waals surface area contributed by atoms with Gasteiger partial charge in [0.25, 0.3) is 0 Å². The molecule has 7 nitrogen and oxygen atoms in total. The Balaban J connectivity index is 1.55. The molecule has 1 saturated heterocycles. The number of benzene rings is 1. The Morgan fingerprint density at radius 2 is 2.16 bits per heavy atom. The summed E-state index contributed by atoms with van der Waals surface area (Å²) in [7, 11) is 1.42. The number of nitrogens with one attached hydrogen (secondary N) is 1. The van der Waals surface area contributed by atoms with Crippen molar-refractivity contribution in [2.24, 2.45) is 5.92 Å². The fraction of sp³-hybridized carbons (Fsp3) is 0.471. The molecule has 0 unspecified atom stereocenters. The summed E-state index contributed by atoms with van der Waals surface area (Å²) in [5.74, 6) is 0.158. The number of anilines is 1. The second-order valence-electron chi connectivity index (χ2n) is 6.28. The van der Waals surface area contributed by atoms with Crippen LogP contribution >= 0.6 is 0 Å². The molecule has 1 N–H and O–H groups in total. The molecule has 0 saturated carbocycles. The third kappa shape index (κ3) is 4.07. The first-order valence-electron chi connectivity index (χ1n) is 8.29.